The summed E-state index contributed by atoms with van der Waals surface area (Å²) in [4.78, 5) is 7.99. The number of nitrogens with zero attached hydrogens (tertiary/aromatic N) is 3. The first-order valence-corrected chi connectivity index (χ1v) is 14.3. The SMILES string of the molecule is CCCCCCCCCCCCN(CCCC)CCN(CCC)CCN(C)CCCC. The van der Waals surface area contributed by atoms with Crippen molar-refractivity contribution < 1.29 is 0 Å². The zero-order valence-corrected chi connectivity index (χ0v) is 22.6. The number of hydrogen-bond acceptors (Lipinski definition) is 3. The lowest BCUT2D eigenvalue weighted by atomic mass is 10.1. The summed E-state index contributed by atoms with van der Waals surface area (Å²) in [6, 6.07) is 0. The number of likely N-dealkylation sites (N-methyl/N-ethyl adjacent to an activating group) is 1. The Morgan fingerprint density at radius 1 is 0.323 bits per heavy atom. The lowest BCUT2D eigenvalue weighted by molar-refractivity contribution is 0.181. The van der Waals surface area contributed by atoms with E-state index in [9.17, 15) is 0 Å². The molecule has 0 saturated carbocycles. The first kappa shape index (κ1) is 30.9. The molecule has 0 aliphatic carbocycles. The minimum Gasteiger partial charge on any atom is -0.305 e. The van der Waals surface area contributed by atoms with Crippen molar-refractivity contribution in [3.8, 4) is 0 Å². The highest BCUT2D eigenvalue weighted by Gasteiger charge is 2.10. The Bertz CT molecular complexity index is 334. The summed E-state index contributed by atoms with van der Waals surface area (Å²) < 4.78 is 0. The minimum atomic E-state index is 1.22. The molecule has 3 nitrogen and oxygen atoms in total. The maximum Gasteiger partial charge on any atom is 0.0110 e. The Morgan fingerprint density at radius 2 is 0.742 bits per heavy atom. The number of rotatable bonds is 25. The van der Waals surface area contributed by atoms with Gasteiger partial charge in [0.1, 0.15) is 0 Å². The number of unbranched alkanes of at least 4 members (excludes halogenated alkanes) is 11. The highest BCUT2D eigenvalue weighted by molar-refractivity contribution is 4.66. The molecule has 0 N–H and O–H groups in total. The van der Waals surface area contributed by atoms with Crippen LogP contribution in [-0.4, -0.2) is 74.1 Å². The van der Waals surface area contributed by atoms with Crippen LogP contribution in [0.4, 0.5) is 0 Å². The molecule has 0 rings (SSSR count). The fourth-order valence-electron chi connectivity index (χ4n) is 4.33. The van der Waals surface area contributed by atoms with E-state index in [1.165, 1.54) is 149 Å². The van der Waals surface area contributed by atoms with Crippen molar-refractivity contribution in [3.05, 3.63) is 0 Å². The second-order valence-corrected chi connectivity index (χ2v) is 9.88. The molecule has 0 radical (unpaired) electrons. The zero-order valence-electron chi connectivity index (χ0n) is 22.6. The van der Waals surface area contributed by atoms with E-state index in [0.29, 0.717) is 0 Å². The van der Waals surface area contributed by atoms with Crippen molar-refractivity contribution in [3.63, 3.8) is 0 Å². The van der Waals surface area contributed by atoms with Crippen LogP contribution < -0.4 is 0 Å². The Morgan fingerprint density at radius 3 is 1.29 bits per heavy atom. The molecule has 0 aromatic rings. The molecule has 0 saturated heterocycles. The first-order valence-electron chi connectivity index (χ1n) is 14.3. The molecule has 0 aromatic heterocycles. The Labute approximate surface area is 198 Å². The van der Waals surface area contributed by atoms with E-state index in [1.807, 2.05) is 0 Å². The monoisotopic (exact) mass is 439 g/mol. The summed E-state index contributed by atoms with van der Waals surface area (Å²) in [5, 5.41) is 0. The molecule has 0 heterocycles. The van der Waals surface area contributed by atoms with Gasteiger partial charge in [0.2, 0.25) is 0 Å². The molecule has 0 aliphatic rings. The first-order chi connectivity index (χ1) is 15.2. The second-order valence-electron chi connectivity index (χ2n) is 9.88. The number of hydrogen-bond donors (Lipinski definition) is 0. The van der Waals surface area contributed by atoms with Gasteiger partial charge in [-0.1, -0.05) is 98.3 Å². The fourth-order valence-corrected chi connectivity index (χ4v) is 4.33. The van der Waals surface area contributed by atoms with Crippen molar-refractivity contribution in [2.24, 2.45) is 0 Å². The molecule has 0 fully saturated rings. The average Bonchev–Trinajstić information content (AvgIpc) is 2.78. The molecule has 0 aliphatic heterocycles. The molecule has 0 amide bonds. The van der Waals surface area contributed by atoms with E-state index in [0.717, 1.165) is 0 Å². The molecule has 0 unspecified atom stereocenters. The van der Waals surface area contributed by atoms with Crippen LogP contribution in [0.3, 0.4) is 0 Å². The highest BCUT2D eigenvalue weighted by Crippen LogP contribution is 2.11. The van der Waals surface area contributed by atoms with Crippen molar-refractivity contribution in [2.75, 3.05) is 59.4 Å². The van der Waals surface area contributed by atoms with E-state index >= 15 is 0 Å². The van der Waals surface area contributed by atoms with Gasteiger partial charge in [0.15, 0.2) is 0 Å². The molecular formula is C28H61N3. The van der Waals surface area contributed by atoms with Crippen LogP contribution in [-0.2, 0) is 0 Å². The van der Waals surface area contributed by atoms with Crippen LogP contribution >= 0.6 is 0 Å². The van der Waals surface area contributed by atoms with Crippen LogP contribution in [0.5, 0.6) is 0 Å². The third kappa shape index (κ3) is 21.5. The minimum absolute atomic E-state index is 1.22. The lowest BCUT2D eigenvalue weighted by Crippen LogP contribution is -2.40. The molecule has 0 aromatic carbocycles. The van der Waals surface area contributed by atoms with Crippen molar-refractivity contribution in [1.82, 2.24) is 14.7 Å². The Hall–Kier alpha value is -0.120. The van der Waals surface area contributed by atoms with E-state index in [4.69, 9.17) is 0 Å². The predicted molar refractivity (Wildman–Crippen MR) is 142 cm³/mol. The van der Waals surface area contributed by atoms with Crippen molar-refractivity contribution in [1.29, 1.82) is 0 Å². The van der Waals surface area contributed by atoms with Gasteiger partial charge >= 0.3 is 0 Å². The quantitative estimate of drug-likeness (QED) is 0.137. The smallest absolute Gasteiger partial charge is 0.0110 e. The second kappa shape index (κ2) is 24.5. The largest absolute Gasteiger partial charge is 0.305 e. The summed E-state index contributed by atoms with van der Waals surface area (Å²) in [6.45, 7) is 19.3. The van der Waals surface area contributed by atoms with Gasteiger partial charge in [-0.3, -0.25) is 0 Å². The highest BCUT2D eigenvalue weighted by atomic mass is 15.2. The Balaban J connectivity index is 4.05. The average molecular weight is 440 g/mol. The third-order valence-corrected chi connectivity index (χ3v) is 6.62. The summed E-state index contributed by atoms with van der Waals surface area (Å²) in [5.41, 5.74) is 0. The molecule has 0 spiro atoms. The van der Waals surface area contributed by atoms with Crippen LogP contribution in [0, 0.1) is 0 Å². The van der Waals surface area contributed by atoms with Crippen LogP contribution in [0.2, 0.25) is 0 Å². The van der Waals surface area contributed by atoms with Crippen molar-refractivity contribution >= 4 is 0 Å². The Kier molecular flexibility index (Phi) is 24.4. The van der Waals surface area contributed by atoms with Gasteiger partial charge in [-0.25, -0.2) is 0 Å². The zero-order chi connectivity index (χ0) is 23.0. The molecular weight excluding hydrogens is 378 g/mol. The van der Waals surface area contributed by atoms with Gasteiger partial charge < -0.3 is 14.7 Å². The van der Waals surface area contributed by atoms with Crippen molar-refractivity contribution in [2.45, 2.75) is 124 Å². The summed E-state index contributed by atoms with van der Waals surface area (Å²) in [5.74, 6) is 0. The molecule has 31 heavy (non-hydrogen) atoms. The fraction of sp³-hybridized carbons (Fsp3) is 1.00. The molecule has 188 valence electrons. The van der Waals surface area contributed by atoms with Gasteiger partial charge in [0.05, 0.1) is 0 Å². The van der Waals surface area contributed by atoms with E-state index in [-0.39, 0.29) is 0 Å². The van der Waals surface area contributed by atoms with Gasteiger partial charge in [-0.05, 0) is 58.9 Å². The van der Waals surface area contributed by atoms with Crippen LogP contribution in [0.1, 0.15) is 124 Å². The van der Waals surface area contributed by atoms with Crippen LogP contribution in [0.25, 0.3) is 0 Å². The predicted octanol–water partition coefficient (Wildman–Crippen LogP) is 7.45. The lowest BCUT2D eigenvalue weighted by Gasteiger charge is -2.29. The molecule has 0 bridgehead atoms. The third-order valence-electron chi connectivity index (χ3n) is 6.62. The molecule has 3 heteroatoms. The topological polar surface area (TPSA) is 9.72 Å². The molecule has 0 atom stereocenters. The van der Waals surface area contributed by atoms with Crippen LogP contribution in [0.15, 0.2) is 0 Å². The van der Waals surface area contributed by atoms with Gasteiger partial charge in [-0.15, -0.1) is 0 Å². The van der Waals surface area contributed by atoms with Gasteiger partial charge in [-0.2, -0.15) is 0 Å². The van der Waals surface area contributed by atoms with Gasteiger partial charge in [0.25, 0.3) is 0 Å². The maximum absolute atomic E-state index is 2.76. The van der Waals surface area contributed by atoms with Gasteiger partial charge in [0, 0.05) is 26.2 Å². The van der Waals surface area contributed by atoms with E-state index < -0.39 is 0 Å². The maximum atomic E-state index is 2.76. The van der Waals surface area contributed by atoms with E-state index in [1.54, 1.807) is 0 Å². The normalized spacial score (nSPS) is 12.0. The summed E-state index contributed by atoms with van der Waals surface area (Å²) in [7, 11) is 2.29. The summed E-state index contributed by atoms with van der Waals surface area (Å²) in [6.07, 6.45) is 20.9. The van der Waals surface area contributed by atoms with E-state index in [2.05, 4.69) is 49.4 Å². The standard InChI is InChI=1S/C28H61N3/c1-6-10-13-14-15-16-17-18-19-20-24-31(23-12-8-3)28-27-30(21-9-4)26-25-29(5)22-11-7-2/h6-28H2,1-5H3. The summed E-state index contributed by atoms with van der Waals surface area (Å²) >= 11 is 0.